The van der Waals surface area contributed by atoms with E-state index in [-0.39, 0.29) is 12.2 Å². The van der Waals surface area contributed by atoms with Crippen molar-refractivity contribution >= 4 is 0 Å². The molecule has 4 nitrogen and oxygen atoms in total. The zero-order valence-electron chi connectivity index (χ0n) is 43.9. The lowest BCUT2D eigenvalue weighted by molar-refractivity contribution is -0.129. The summed E-state index contributed by atoms with van der Waals surface area (Å²) in [5.41, 5.74) is 2.59. The van der Waals surface area contributed by atoms with E-state index in [0.717, 1.165) is 155 Å². The summed E-state index contributed by atoms with van der Waals surface area (Å²) in [4.78, 5) is 0. The Morgan fingerprint density at radius 1 is 0.531 bits per heavy atom. The van der Waals surface area contributed by atoms with Crippen molar-refractivity contribution in [1.82, 2.24) is 0 Å². The molecule has 0 heterocycles. The van der Waals surface area contributed by atoms with Gasteiger partial charge in [0.2, 0.25) is 0 Å². The number of aliphatic hydroxyl groups is 4. The largest absolute Gasteiger partial charge is 0.393 e. The van der Waals surface area contributed by atoms with Crippen molar-refractivity contribution in [2.24, 2.45) is 86.8 Å². The summed E-state index contributed by atoms with van der Waals surface area (Å²) < 4.78 is 0. The van der Waals surface area contributed by atoms with Gasteiger partial charge in [0.15, 0.2) is 0 Å². The SMILES string of the molecule is CCCC(O)(CCC)CC[C@@H](C)[C@H]1CC[C@H]2[C@@H]3CC=C4C[C@@H](O)CC[C@]4(C)[C@H]3CC[C@]12C.CCCC(O)(CCC)CC[C@@H](C)[C@H]1CC[C@H]2[C@@H]3CCC4C[C@@H](O)CC[C@]4(C)[C@H]3CC[C@]12C. The minimum absolute atomic E-state index is 0.0331. The average molecular weight is 892 g/mol. The molecule has 0 spiro atoms. The average Bonchev–Trinajstić information content (AvgIpc) is 3.80. The maximum Gasteiger partial charge on any atom is 0.0647 e. The summed E-state index contributed by atoms with van der Waals surface area (Å²) in [5.74, 6) is 9.21. The van der Waals surface area contributed by atoms with Crippen LogP contribution >= 0.6 is 0 Å². The molecule has 0 amide bonds. The highest BCUT2D eigenvalue weighted by Gasteiger charge is 2.62. The first-order chi connectivity index (χ1) is 30.3. The van der Waals surface area contributed by atoms with Crippen molar-refractivity contribution < 1.29 is 20.4 Å². The fraction of sp³-hybridized carbons (Fsp3) is 0.967. The normalized spacial score (nSPS) is 43.8. The van der Waals surface area contributed by atoms with Crippen LogP contribution in [0.3, 0.4) is 0 Å². The number of hydrogen-bond donors (Lipinski definition) is 4. The standard InChI is InChI=1S/C30H54O2.C30H52O2/c2*1-6-15-30(32,16-7-2)19-12-21(3)25-10-11-26-24-9-8-22-20-23(31)13-17-28(22,4)27(24)14-18-29(25,26)5/h21-27,31-32H,6-20H2,1-5H3;8,21,23-27,31-32H,6-7,9-20H2,1-5H3/t21-,22?,23+,24+,25-,26+,27+,28+,29-;21-,23+,24+,25-,26+,27+,28+,29-/m11/s1. The highest BCUT2D eigenvalue weighted by atomic mass is 16.3. The Morgan fingerprint density at radius 2 is 1.00 bits per heavy atom. The van der Waals surface area contributed by atoms with Crippen LogP contribution in [0.2, 0.25) is 0 Å². The molecule has 0 aromatic carbocycles. The summed E-state index contributed by atoms with van der Waals surface area (Å²) in [6, 6.07) is 0. The number of rotatable bonds is 16. The third kappa shape index (κ3) is 9.84. The van der Waals surface area contributed by atoms with Crippen LogP contribution in [0.15, 0.2) is 11.6 Å². The van der Waals surface area contributed by atoms with Crippen molar-refractivity contribution in [2.45, 2.75) is 279 Å². The summed E-state index contributed by atoms with van der Waals surface area (Å²) in [6.07, 6.45) is 36.9. The van der Waals surface area contributed by atoms with Gasteiger partial charge in [-0.15, -0.1) is 0 Å². The minimum Gasteiger partial charge on any atom is -0.393 e. The lowest BCUT2D eigenvalue weighted by Gasteiger charge is -2.61. The predicted octanol–water partition coefficient (Wildman–Crippen LogP) is 15.4. The fourth-order valence-electron chi connectivity index (χ4n) is 19.8. The number of hydrogen-bond acceptors (Lipinski definition) is 4. The van der Waals surface area contributed by atoms with Gasteiger partial charge in [0.25, 0.3) is 0 Å². The van der Waals surface area contributed by atoms with Crippen LogP contribution < -0.4 is 0 Å². The zero-order valence-corrected chi connectivity index (χ0v) is 43.9. The van der Waals surface area contributed by atoms with Gasteiger partial charge in [-0.05, 0) is 247 Å². The lowest BCUT2D eigenvalue weighted by atomic mass is 9.44. The third-order valence-corrected chi connectivity index (χ3v) is 23.2. The van der Waals surface area contributed by atoms with Crippen LogP contribution in [-0.2, 0) is 0 Å². The molecule has 0 aliphatic heterocycles. The summed E-state index contributed by atoms with van der Waals surface area (Å²) in [5, 5.41) is 42.9. The first-order valence-electron chi connectivity index (χ1n) is 28.8. The number of aliphatic hydroxyl groups excluding tert-OH is 2. The predicted molar refractivity (Wildman–Crippen MR) is 269 cm³/mol. The van der Waals surface area contributed by atoms with E-state index in [1.165, 1.54) is 96.3 Å². The van der Waals surface area contributed by atoms with Gasteiger partial charge in [-0.3, -0.25) is 0 Å². The molecule has 17 atom stereocenters. The molecule has 8 rings (SSSR count). The Labute approximate surface area is 396 Å². The van der Waals surface area contributed by atoms with Gasteiger partial charge >= 0.3 is 0 Å². The molecule has 0 bridgehead atoms. The highest BCUT2D eigenvalue weighted by Crippen LogP contribution is 2.70. The van der Waals surface area contributed by atoms with E-state index in [1.807, 2.05) is 0 Å². The maximum atomic E-state index is 11.2. The summed E-state index contributed by atoms with van der Waals surface area (Å²) in [6.45, 7) is 24.4. The molecular formula is C60H106O4. The van der Waals surface area contributed by atoms with E-state index in [9.17, 15) is 20.4 Å². The lowest BCUT2D eigenvalue weighted by Crippen LogP contribution is -2.54. The molecule has 8 aliphatic carbocycles. The van der Waals surface area contributed by atoms with Crippen LogP contribution in [0.1, 0.15) is 255 Å². The molecule has 1 unspecified atom stereocenters. The summed E-state index contributed by atoms with van der Waals surface area (Å²) in [7, 11) is 0. The van der Waals surface area contributed by atoms with E-state index in [4.69, 9.17) is 0 Å². The molecule has 8 aliphatic rings. The summed E-state index contributed by atoms with van der Waals surface area (Å²) >= 11 is 0. The molecule has 64 heavy (non-hydrogen) atoms. The van der Waals surface area contributed by atoms with Crippen LogP contribution in [0.25, 0.3) is 0 Å². The number of fused-ring (bicyclic) bond motifs is 10. The minimum atomic E-state index is -0.432. The molecule has 0 saturated heterocycles. The van der Waals surface area contributed by atoms with Gasteiger partial charge in [0.1, 0.15) is 0 Å². The Balaban J connectivity index is 0.000000191. The monoisotopic (exact) mass is 891 g/mol. The van der Waals surface area contributed by atoms with Gasteiger partial charge in [-0.1, -0.05) is 107 Å². The Bertz CT molecular complexity index is 1520. The van der Waals surface area contributed by atoms with E-state index in [2.05, 4.69) is 75.3 Å². The van der Waals surface area contributed by atoms with Crippen molar-refractivity contribution in [2.75, 3.05) is 0 Å². The zero-order chi connectivity index (χ0) is 46.3. The van der Waals surface area contributed by atoms with Crippen LogP contribution in [0, 0.1) is 86.8 Å². The Morgan fingerprint density at radius 3 is 1.53 bits per heavy atom. The molecule has 7 saturated carbocycles. The van der Waals surface area contributed by atoms with E-state index in [0.29, 0.717) is 21.7 Å². The Kier molecular flexibility index (Phi) is 16.5. The number of allylic oxidation sites excluding steroid dienone is 1. The smallest absolute Gasteiger partial charge is 0.0647 e. The third-order valence-electron chi connectivity index (χ3n) is 23.2. The molecule has 4 N–H and O–H groups in total. The van der Waals surface area contributed by atoms with Crippen molar-refractivity contribution in [3.63, 3.8) is 0 Å². The van der Waals surface area contributed by atoms with Crippen LogP contribution in [0.4, 0.5) is 0 Å². The van der Waals surface area contributed by atoms with Crippen LogP contribution in [0.5, 0.6) is 0 Å². The maximum absolute atomic E-state index is 11.2. The van der Waals surface area contributed by atoms with Gasteiger partial charge in [0, 0.05) is 0 Å². The van der Waals surface area contributed by atoms with E-state index >= 15 is 0 Å². The molecule has 0 aromatic heterocycles. The second-order valence-corrected chi connectivity index (χ2v) is 26.7. The van der Waals surface area contributed by atoms with Crippen LogP contribution in [-0.4, -0.2) is 43.8 Å². The highest BCUT2D eigenvalue weighted by molar-refractivity contribution is 5.25. The second kappa shape index (κ2) is 20.5. The van der Waals surface area contributed by atoms with Gasteiger partial charge in [-0.2, -0.15) is 0 Å². The van der Waals surface area contributed by atoms with Crippen molar-refractivity contribution in [3.05, 3.63) is 11.6 Å². The quantitative estimate of drug-likeness (QED) is 0.116. The van der Waals surface area contributed by atoms with Gasteiger partial charge in [0.05, 0.1) is 23.4 Å². The molecule has 370 valence electrons. The van der Waals surface area contributed by atoms with E-state index in [1.54, 1.807) is 5.57 Å². The first-order valence-corrected chi connectivity index (χ1v) is 28.8. The topological polar surface area (TPSA) is 80.9 Å². The van der Waals surface area contributed by atoms with E-state index < -0.39 is 11.2 Å². The first kappa shape index (κ1) is 51.4. The van der Waals surface area contributed by atoms with Gasteiger partial charge in [-0.25, -0.2) is 0 Å². The second-order valence-electron chi connectivity index (χ2n) is 26.7. The van der Waals surface area contributed by atoms with Gasteiger partial charge < -0.3 is 20.4 Å². The Hall–Kier alpha value is -0.420. The molecule has 4 heteroatoms. The molecule has 0 aromatic rings. The molecule has 7 fully saturated rings. The van der Waals surface area contributed by atoms with Crippen molar-refractivity contribution in [3.8, 4) is 0 Å². The fourth-order valence-corrected chi connectivity index (χ4v) is 19.8. The molecular weight excluding hydrogens is 785 g/mol. The van der Waals surface area contributed by atoms with Crippen molar-refractivity contribution in [1.29, 1.82) is 0 Å². The molecule has 0 radical (unpaired) electrons.